The zero-order valence-corrected chi connectivity index (χ0v) is 7.70. The fraction of sp³-hybridized carbons (Fsp3) is 0.143. The molecule has 0 bridgehead atoms. The summed E-state index contributed by atoms with van der Waals surface area (Å²) in [6.45, 7) is 1.72. The van der Waals surface area contributed by atoms with Gasteiger partial charge < -0.3 is 5.11 Å². The van der Waals surface area contributed by atoms with Gasteiger partial charge in [-0.2, -0.15) is 0 Å². The predicted octanol–water partition coefficient (Wildman–Crippen LogP) is 1.98. The van der Waals surface area contributed by atoms with Gasteiger partial charge in [-0.25, -0.2) is 4.79 Å². The molecule has 0 spiro atoms. The number of carbonyl (C=O) groups excluding carboxylic acids is 1. The zero-order chi connectivity index (χ0) is 9.30. The topological polar surface area (TPSA) is 54.4 Å². The lowest BCUT2D eigenvalue weighted by Gasteiger charge is -1.85. The second-order valence-corrected chi connectivity index (χ2v) is 3.86. The number of halogens is 1. The number of ketones is 1. The van der Waals surface area contributed by atoms with Crippen molar-refractivity contribution >= 4 is 34.7 Å². The molecule has 0 saturated heterocycles. The van der Waals surface area contributed by atoms with Crippen molar-refractivity contribution in [2.24, 2.45) is 0 Å². The highest BCUT2D eigenvalue weighted by Crippen LogP contribution is 2.26. The van der Waals surface area contributed by atoms with Gasteiger partial charge in [-0.1, -0.05) is 11.6 Å². The second kappa shape index (κ2) is 3.25. The van der Waals surface area contributed by atoms with Crippen molar-refractivity contribution in [3.05, 3.63) is 20.8 Å². The highest BCUT2D eigenvalue weighted by atomic mass is 35.5. The Morgan fingerprint density at radius 1 is 1.58 bits per heavy atom. The maximum atomic E-state index is 10.9. The van der Waals surface area contributed by atoms with Crippen molar-refractivity contribution < 1.29 is 14.7 Å². The van der Waals surface area contributed by atoms with E-state index in [1.807, 2.05) is 0 Å². The van der Waals surface area contributed by atoms with E-state index in [0.29, 0.717) is 4.34 Å². The van der Waals surface area contributed by atoms with E-state index in [1.54, 1.807) is 6.92 Å². The molecular formula is C7H5ClO3S. The number of carboxylic acid groups (broad SMARTS) is 1. The van der Waals surface area contributed by atoms with Crippen LogP contribution in [-0.4, -0.2) is 16.9 Å². The lowest BCUT2D eigenvalue weighted by molar-refractivity contribution is -0.131. The molecule has 3 nitrogen and oxygen atoms in total. The zero-order valence-electron chi connectivity index (χ0n) is 6.13. The minimum atomic E-state index is -1.45. The summed E-state index contributed by atoms with van der Waals surface area (Å²) in [4.78, 5) is 21.3. The van der Waals surface area contributed by atoms with Crippen molar-refractivity contribution in [2.45, 2.75) is 6.92 Å². The molecule has 5 heteroatoms. The molecule has 0 amide bonds. The van der Waals surface area contributed by atoms with Crippen LogP contribution in [0.5, 0.6) is 0 Å². The number of carboxylic acids is 1. The van der Waals surface area contributed by atoms with Crippen molar-refractivity contribution in [1.82, 2.24) is 0 Å². The predicted molar refractivity (Wildman–Crippen MR) is 46.0 cm³/mol. The molecule has 0 fully saturated rings. The third-order valence-corrected chi connectivity index (χ3v) is 2.83. The van der Waals surface area contributed by atoms with Crippen LogP contribution in [-0.2, 0) is 4.79 Å². The number of thiophene rings is 1. The number of carbonyl (C=O) groups is 2. The molecule has 0 aliphatic heterocycles. The molecule has 0 aliphatic rings. The highest BCUT2D eigenvalue weighted by Gasteiger charge is 2.17. The first-order valence-corrected chi connectivity index (χ1v) is 4.25. The van der Waals surface area contributed by atoms with E-state index < -0.39 is 11.8 Å². The summed E-state index contributed by atoms with van der Waals surface area (Å²) < 4.78 is 0.458. The number of Topliss-reactive ketones (excluding diaryl/α,β-unsaturated/α-hetero) is 1. The van der Waals surface area contributed by atoms with Gasteiger partial charge in [0.15, 0.2) is 0 Å². The van der Waals surface area contributed by atoms with Gasteiger partial charge in [0, 0.05) is 0 Å². The molecule has 64 valence electrons. The normalized spacial score (nSPS) is 9.83. The van der Waals surface area contributed by atoms with Crippen LogP contribution in [0.3, 0.4) is 0 Å². The summed E-state index contributed by atoms with van der Waals surface area (Å²) in [6, 6.07) is 1.48. The van der Waals surface area contributed by atoms with Crippen LogP contribution in [0.4, 0.5) is 0 Å². The number of hydrogen-bond acceptors (Lipinski definition) is 3. The molecule has 12 heavy (non-hydrogen) atoms. The molecule has 0 aromatic carbocycles. The van der Waals surface area contributed by atoms with Gasteiger partial charge in [0.1, 0.15) is 0 Å². The van der Waals surface area contributed by atoms with E-state index in [9.17, 15) is 9.59 Å². The molecule has 0 atom stereocenters. The highest BCUT2D eigenvalue weighted by molar-refractivity contribution is 7.18. The molecule has 0 radical (unpaired) electrons. The van der Waals surface area contributed by atoms with Gasteiger partial charge in [-0.15, -0.1) is 11.3 Å². The fourth-order valence-corrected chi connectivity index (χ4v) is 1.81. The Balaban J connectivity index is 3.05. The van der Waals surface area contributed by atoms with Crippen LogP contribution >= 0.6 is 22.9 Å². The van der Waals surface area contributed by atoms with Crippen molar-refractivity contribution in [3.63, 3.8) is 0 Å². The maximum absolute atomic E-state index is 10.9. The Morgan fingerprint density at radius 2 is 2.17 bits per heavy atom. The van der Waals surface area contributed by atoms with Crippen LogP contribution in [0, 0.1) is 6.92 Å². The van der Waals surface area contributed by atoms with E-state index in [0.717, 1.165) is 16.9 Å². The molecule has 1 aromatic rings. The van der Waals surface area contributed by atoms with E-state index in [1.165, 1.54) is 6.07 Å². The monoisotopic (exact) mass is 204 g/mol. The summed E-state index contributed by atoms with van der Waals surface area (Å²) in [5.41, 5.74) is 0.728. The molecule has 1 N–H and O–H groups in total. The summed E-state index contributed by atoms with van der Waals surface area (Å²) >= 11 is 6.64. The number of aliphatic carboxylic acids is 1. The van der Waals surface area contributed by atoms with Gasteiger partial charge in [0.2, 0.25) is 0 Å². The molecule has 0 saturated carbocycles. The standard InChI is InChI=1S/C7H5ClO3S/c1-3-2-4(12-6(3)8)5(9)7(10)11/h2H,1H3,(H,10,11). The quantitative estimate of drug-likeness (QED) is 0.592. The van der Waals surface area contributed by atoms with Gasteiger partial charge in [-0.3, -0.25) is 4.79 Å². The molecule has 1 rings (SSSR count). The molecule has 0 aliphatic carbocycles. The largest absolute Gasteiger partial charge is 0.475 e. The minimum Gasteiger partial charge on any atom is -0.475 e. The first-order valence-electron chi connectivity index (χ1n) is 3.06. The van der Waals surface area contributed by atoms with E-state index in [4.69, 9.17) is 16.7 Å². The van der Waals surface area contributed by atoms with Crippen LogP contribution in [0.25, 0.3) is 0 Å². The molecule has 1 heterocycles. The first kappa shape index (κ1) is 9.22. The van der Waals surface area contributed by atoms with Crippen molar-refractivity contribution in [2.75, 3.05) is 0 Å². The summed E-state index contributed by atoms with van der Waals surface area (Å²) in [5, 5.41) is 8.35. The number of aryl methyl sites for hydroxylation is 1. The average molecular weight is 205 g/mol. The molecule has 0 unspecified atom stereocenters. The smallest absolute Gasteiger partial charge is 0.378 e. The summed E-state index contributed by atoms with van der Waals surface area (Å²) in [6.07, 6.45) is 0. The average Bonchev–Trinajstić information content (AvgIpc) is 2.30. The molecular weight excluding hydrogens is 200 g/mol. The maximum Gasteiger partial charge on any atom is 0.378 e. The summed E-state index contributed by atoms with van der Waals surface area (Å²) in [7, 11) is 0. The van der Waals surface area contributed by atoms with Gasteiger partial charge in [0.25, 0.3) is 5.78 Å². The number of hydrogen-bond donors (Lipinski definition) is 1. The van der Waals surface area contributed by atoms with Crippen LogP contribution in [0.2, 0.25) is 4.34 Å². The SMILES string of the molecule is Cc1cc(C(=O)C(=O)O)sc1Cl. The van der Waals surface area contributed by atoms with E-state index >= 15 is 0 Å². The third-order valence-electron chi connectivity index (χ3n) is 1.28. The lowest BCUT2D eigenvalue weighted by Crippen LogP contribution is -2.10. The van der Waals surface area contributed by atoms with E-state index in [-0.39, 0.29) is 4.88 Å². The Hall–Kier alpha value is -0.870. The summed E-state index contributed by atoms with van der Waals surface area (Å²) in [5.74, 6) is -2.36. The second-order valence-electron chi connectivity index (χ2n) is 2.20. The van der Waals surface area contributed by atoms with Crippen LogP contribution in [0.15, 0.2) is 6.07 Å². The lowest BCUT2D eigenvalue weighted by atomic mass is 10.3. The van der Waals surface area contributed by atoms with E-state index in [2.05, 4.69) is 0 Å². The van der Waals surface area contributed by atoms with Crippen molar-refractivity contribution in [3.8, 4) is 0 Å². The Bertz CT molecular complexity index is 323. The molecule has 1 aromatic heterocycles. The Kier molecular flexibility index (Phi) is 2.49. The number of rotatable bonds is 2. The van der Waals surface area contributed by atoms with Crippen molar-refractivity contribution in [1.29, 1.82) is 0 Å². The minimum absolute atomic E-state index is 0.171. The fourth-order valence-electron chi connectivity index (χ4n) is 0.677. The van der Waals surface area contributed by atoms with Crippen LogP contribution < -0.4 is 0 Å². The van der Waals surface area contributed by atoms with Gasteiger partial charge >= 0.3 is 5.97 Å². The van der Waals surface area contributed by atoms with Gasteiger partial charge in [0.05, 0.1) is 9.21 Å². The Morgan fingerprint density at radius 3 is 2.50 bits per heavy atom. The van der Waals surface area contributed by atoms with Gasteiger partial charge in [-0.05, 0) is 18.6 Å². The Labute approximate surface area is 77.6 Å². The van der Waals surface area contributed by atoms with Crippen LogP contribution in [0.1, 0.15) is 15.2 Å². The first-order chi connectivity index (χ1) is 5.52. The third kappa shape index (κ3) is 1.65.